The number of carbonyl (C=O) groups is 2. The first-order valence-corrected chi connectivity index (χ1v) is 12.5. The summed E-state index contributed by atoms with van der Waals surface area (Å²) in [5.74, 6) is -1.30. The number of ether oxygens (including phenoxy) is 1. The van der Waals surface area contributed by atoms with Gasteiger partial charge in [-0.2, -0.15) is 4.31 Å². The highest BCUT2D eigenvalue weighted by Crippen LogP contribution is 2.32. The highest BCUT2D eigenvalue weighted by atomic mass is 79.9. The smallest absolute Gasteiger partial charge is 0.266 e. The lowest BCUT2D eigenvalue weighted by molar-refractivity contribution is -0.136. The summed E-state index contributed by atoms with van der Waals surface area (Å²) in [7, 11) is -4.16. The van der Waals surface area contributed by atoms with Gasteiger partial charge >= 0.3 is 0 Å². The molecule has 1 unspecified atom stereocenters. The van der Waals surface area contributed by atoms with E-state index in [1.807, 2.05) is 37.3 Å². The maximum atomic E-state index is 13.6. The van der Waals surface area contributed by atoms with E-state index in [9.17, 15) is 18.0 Å². The zero-order valence-electron chi connectivity index (χ0n) is 17.7. The molecule has 2 amide bonds. The van der Waals surface area contributed by atoms with Crippen LogP contribution in [-0.4, -0.2) is 55.3 Å². The Morgan fingerprint density at radius 3 is 2.67 bits per heavy atom. The van der Waals surface area contributed by atoms with Crippen LogP contribution in [0.2, 0.25) is 0 Å². The molecule has 1 aromatic heterocycles. The summed E-state index contributed by atoms with van der Waals surface area (Å²) >= 11 is 3.33. The molecule has 2 heterocycles. The Labute approximate surface area is 199 Å². The molecule has 33 heavy (non-hydrogen) atoms. The van der Waals surface area contributed by atoms with Crippen LogP contribution in [-0.2, 0) is 19.6 Å². The maximum absolute atomic E-state index is 13.6. The van der Waals surface area contributed by atoms with E-state index in [1.54, 1.807) is 18.2 Å². The Morgan fingerprint density at radius 2 is 1.97 bits per heavy atom. The molecular weight excluding hydrogens is 512 g/mol. The van der Waals surface area contributed by atoms with Crippen molar-refractivity contribution in [1.29, 1.82) is 0 Å². The summed E-state index contributed by atoms with van der Waals surface area (Å²) in [5.41, 5.74) is 6.65. The summed E-state index contributed by atoms with van der Waals surface area (Å²) in [6.07, 6.45) is -0.992. The number of halogens is 1. The second-order valence-corrected chi connectivity index (χ2v) is 10.5. The number of primary amides is 1. The van der Waals surface area contributed by atoms with Crippen LogP contribution < -0.4 is 11.1 Å². The van der Waals surface area contributed by atoms with Crippen molar-refractivity contribution in [3.05, 3.63) is 64.3 Å². The second kappa shape index (κ2) is 9.26. The van der Waals surface area contributed by atoms with E-state index in [0.29, 0.717) is 15.4 Å². The molecule has 4 N–H and O–H groups in total. The maximum Gasteiger partial charge on any atom is 0.266 e. The number of amides is 2. The lowest BCUT2D eigenvalue weighted by atomic mass is 10.1. The Hall–Kier alpha value is -2.73. The predicted molar refractivity (Wildman–Crippen MR) is 126 cm³/mol. The highest BCUT2D eigenvalue weighted by molar-refractivity contribution is 9.10. The van der Waals surface area contributed by atoms with Gasteiger partial charge in [0, 0.05) is 28.5 Å². The van der Waals surface area contributed by atoms with Crippen LogP contribution in [0.15, 0.2) is 57.9 Å². The zero-order chi connectivity index (χ0) is 23.8. The molecule has 0 aliphatic carbocycles. The van der Waals surface area contributed by atoms with Crippen molar-refractivity contribution in [2.45, 2.75) is 24.0 Å². The van der Waals surface area contributed by atoms with Gasteiger partial charge in [-0.1, -0.05) is 46.3 Å². The molecule has 0 bridgehead atoms. The number of aromatic nitrogens is 1. The molecule has 3 aromatic rings. The van der Waals surface area contributed by atoms with Crippen LogP contribution in [0.1, 0.15) is 29.0 Å². The Morgan fingerprint density at radius 1 is 1.24 bits per heavy atom. The summed E-state index contributed by atoms with van der Waals surface area (Å²) < 4.78 is 34.6. The van der Waals surface area contributed by atoms with Gasteiger partial charge in [0.05, 0.1) is 12.6 Å². The van der Waals surface area contributed by atoms with Gasteiger partial charge in [0.25, 0.3) is 11.8 Å². The van der Waals surface area contributed by atoms with Gasteiger partial charge in [0.1, 0.15) is 16.7 Å². The summed E-state index contributed by atoms with van der Waals surface area (Å²) in [5, 5.41) is 3.20. The van der Waals surface area contributed by atoms with E-state index in [0.717, 1.165) is 9.87 Å². The molecule has 1 saturated heterocycles. The molecule has 1 aliphatic heterocycles. The van der Waals surface area contributed by atoms with Crippen molar-refractivity contribution in [3.8, 4) is 0 Å². The number of aromatic amines is 1. The molecule has 0 spiro atoms. The topological polar surface area (TPSA) is 135 Å². The first-order chi connectivity index (χ1) is 15.7. The predicted octanol–water partition coefficient (Wildman–Crippen LogP) is 2.30. The number of morpholine rings is 1. The number of H-pyrrole nitrogens is 1. The van der Waals surface area contributed by atoms with Gasteiger partial charge < -0.3 is 20.8 Å². The minimum atomic E-state index is -4.16. The SMILES string of the molecule is C[C@@H](NC(=O)C1CN(S(=O)(=O)c2c(C(N)=O)[nH]c3ccc(Br)cc23)CCO1)c1ccccc1. The first-order valence-electron chi connectivity index (χ1n) is 10.3. The minimum absolute atomic E-state index is 0.0367. The fourth-order valence-electron chi connectivity index (χ4n) is 3.84. The normalized spacial score (nSPS) is 18.2. The number of nitrogens with two attached hydrogens (primary N) is 1. The second-order valence-electron chi connectivity index (χ2n) is 7.75. The molecular formula is C22H23BrN4O5S. The van der Waals surface area contributed by atoms with Crippen LogP contribution in [0.25, 0.3) is 10.9 Å². The molecule has 2 aromatic carbocycles. The average Bonchev–Trinajstić information content (AvgIpc) is 3.19. The van der Waals surface area contributed by atoms with E-state index in [2.05, 4.69) is 26.2 Å². The monoisotopic (exact) mass is 534 g/mol. The quantitative estimate of drug-likeness (QED) is 0.445. The molecule has 174 valence electrons. The lowest BCUT2D eigenvalue weighted by Gasteiger charge is -2.32. The molecule has 0 saturated carbocycles. The number of sulfonamides is 1. The first kappa shape index (κ1) is 23.4. The van der Waals surface area contributed by atoms with Gasteiger partial charge in [0.2, 0.25) is 10.0 Å². The number of nitrogens with zero attached hydrogens (tertiary/aromatic N) is 1. The molecule has 2 atom stereocenters. The van der Waals surface area contributed by atoms with E-state index >= 15 is 0 Å². The minimum Gasteiger partial charge on any atom is -0.366 e. The van der Waals surface area contributed by atoms with Crippen molar-refractivity contribution >= 4 is 48.7 Å². The standard InChI is InChI=1S/C22H23BrN4O5S/c1-13(14-5-3-2-4-6-14)25-22(29)18-12-27(9-10-32-18)33(30,31)20-16-11-15(23)7-8-17(16)26-19(20)21(24)28/h2-8,11,13,18,26H,9-10,12H2,1H3,(H2,24,28)(H,25,29)/t13-,18?/m1/s1. The molecule has 1 fully saturated rings. The largest absolute Gasteiger partial charge is 0.366 e. The van der Waals surface area contributed by atoms with Crippen molar-refractivity contribution in [2.75, 3.05) is 19.7 Å². The van der Waals surface area contributed by atoms with Crippen LogP contribution in [0.5, 0.6) is 0 Å². The number of carbonyl (C=O) groups excluding carboxylic acids is 2. The third kappa shape index (κ3) is 4.67. The number of fused-ring (bicyclic) bond motifs is 1. The van der Waals surface area contributed by atoms with Gasteiger partial charge in [-0.3, -0.25) is 9.59 Å². The fourth-order valence-corrected chi connectivity index (χ4v) is 5.97. The van der Waals surface area contributed by atoms with Crippen molar-refractivity contribution in [1.82, 2.24) is 14.6 Å². The lowest BCUT2D eigenvalue weighted by Crippen LogP contribution is -2.51. The van der Waals surface area contributed by atoms with Crippen LogP contribution >= 0.6 is 15.9 Å². The van der Waals surface area contributed by atoms with Crippen molar-refractivity contribution < 1.29 is 22.7 Å². The molecule has 1 aliphatic rings. The Kier molecular flexibility index (Phi) is 6.57. The molecule has 9 nitrogen and oxygen atoms in total. The number of rotatable bonds is 6. The van der Waals surface area contributed by atoms with Crippen LogP contribution in [0, 0.1) is 0 Å². The van der Waals surface area contributed by atoms with Crippen molar-refractivity contribution in [3.63, 3.8) is 0 Å². The van der Waals surface area contributed by atoms with Gasteiger partial charge in [0.15, 0.2) is 0 Å². The Bertz CT molecular complexity index is 1310. The number of hydrogen-bond acceptors (Lipinski definition) is 5. The van der Waals surface area contributed by atoms with Gasteiger partial charge in [-0.25, -0.2) is 8.42 Å². The van der Waals surface area contributed by atoms with E-state index < -0.39 is 27.9 Å². The third-order valence-electron chi connectivity index (χ3n) is 5.54. The van der Waals surface area contributed by atoms with Crippen molar-refractivity contribution in [2.24, 2.45) is 5.73 Å². The van der Waals surface area contributed by atoms with Crippen LogP contribution in [0.3, 0.4) is 0 Å². The third-order valence-corrected chi connectivity index (χ3v) is 7.98. The van der Waals surface area contributed by atoms with Gasteiger partial charge in [-0.05, 0) is 30.7 Å². The van der Waals surface area contributed by atoms with E-state index in [-0.39, 0.29) is 36.3 Å². The Balaban J connectivity index is 1.60. The van der Waals surface area contributed by atoms with Gasteiger partial charge in [-0.15, -0.1) is 0 Å². The summed E-state index contributed by atoms with van der Waals surface area (Å²) in [4.78, 5) is 27.5. The van der Waals surface area contributed by atoms with E-state index in [4.69, 9.17) is 10.5 Å². The fraction of sp³-hybridized carbons (Fsp3) is 0.273. The number of nitrogens with one attached hydrogen (secondary N) is 2. The summed E-state index contributed by atoms with van der Waals surface area (Å²) in [6.45, 7) is 1.73. The van der Waals surface area contributed by atoms with E-state index in [1.165, 1.54) is 0 Å². The molecule has 11 heteroatoms. The van der Waals surface area contributed by atoms with Crippen LogP contribution in [0.4, 0.5) is 0 Å². The highest BCUT2D eigenvalue weighted by Gasteiger charge is 2.38. The number of hydrogen-bond donors (Lipinski definition) is 3. The zero-order valence-corrected chi connectivity index (χ0v) is 20.1. The number of benzene rings is 2. The molecule has 4 rings (SSSR count). The average molecular weight is 535 g/mol. The molecule has 0 radical (unpaired) electrons. The summed E-state index contributed by atoms with van der Waals surface area (Å²) in [6, 6.07) is 14.1.